The highest BCUT2D eigenvalue weighted by Gasteiger charge is 2.35. The lowest BCUT2D eigenvalue weighted by molar-refractivity contribution is 0.0831. The maximum Gasteiger partial charge on any atom is 0.0587 e. The molecule has 0 saturated heterocycles. The monoisotopic (exact) mass is 298 g/mol. The van der Waals surface area contributed by atoms with Crippen LogP contribution in [-0.4, -0.2) is 51.8 Å². The first kappa shape index (κ1) is 18.9. The van der Waals surface area contributed by atoms with E-state index in [2.05, 4.69) is 38.0 Å². The second-order valence-corrected chi connectivity index (χ2v) is 7.58. The summed E-state index contributed by atoms with van der Waals surface area (Å²) in [5.41, 5.74) is 0.466. The van der Waals surface area contributed by atoms with Crippen LogP contribution < -0.4 is 5.32 Å². The fourth-order valence-electron chi connectivity index (χ4n) is 3.95. The summed E-state index contributed by atoms with van der Waals surface area (Å²) in [5, 5.41) is 3.64. The van der Waals surface area contributed by atoms with Crippen LogP contribution in [0.25, 0.3) is 0 Å². The zero-order valence-electron chi connectivity index (χ0n) is 15.1. The van der Waals surface area contributed by atoms with Gasteiger partial charge in [0.15, 0.2) is 0 Å². The molecule has 0 radical (unpaired) electrons. The summed E-state index contributed by atoms with van der Waals surface area (Å²) < 4.78 is 5.16. The minimum atomic E-state index is 0.466. The molecule has 3 unspecified atom stereocenters. The molecule has 3 atom stereocenters. The molecule has 0 heterocycles. The van der Waals surface area contributed by atoms with E-state index in [4.69, 9.17) is 4.74 Å². The Balaban J connectivity index is 2.54. The Morgan fingerprint density at radius 1 is 1.43 bits per heavy atom. The summed E-state index contributed by atoms with van der Waals surface area (Å²) in [5.74, 6) is 1.68. The highest BCUT2D eigenvalue weighted by Crippen LogP contribution is 2.39. The van der Waals surface area contributed by atoms with Crippen LogP contribution >= 0.6 is 0 Å². The van der Waals surface area contributed by atoms with Crippen LogP contribution in [-0.2, 0) is 4.74 Å². The molecule has 0 spiro atoms. The van der Waals surface area contributed by atoms with Crippen molar-refractivity contribution in [2.24, 2.45) is 17.3 Å². The van der Waals surface area contributed by atoms with Crippen molar-refractivity contribution in [3.05, 3.63) is 0 Å². The smallest absolute Gasteiger partial charge is 0.0587 e. The van der Waals surface area contributed by atoms with Gasteiger partial charge in [-0.1, -0.05) is 40.0 Å². The quantitative estimate of drug-likeness (QED) is 0.626. The van der Waals surface area contributed by atoms with Gasteiger partial charge in [0, 0.05) is 33.3 Å². The van der Waals surface area contributed by atoms with Crippen molar-refractivity contribution < 1.29 is 4.74 Å². The third kappa shape index (κ3) is 7.12. The topological polar surface area (TPSA) is 24.5 Å². The summed E-state index contributed by atoms with van der Waals surface area (Å²) in [4.78, 5) is 2.57. The van der Waals surface area contributed by atoms with Crippen LogP contribution in [0.5, 0.6) is 0 Å². The first-order valence-electron chi connectivity index (χ1n) is 8.89. The highest BCUT2D eigenvalue weighted by molar-refractivity contribution is 4.89. The molecular weight excluding hydrogens is 260 g/mol. The first-order chi connectivity index (χ1) is 10.0. The molecule has 1 saturated carbocycles. The van der Waals surface area contributed by atoms with Gasteiger partial charge in [0.1, 0.15) is 0 Å². The summed E-state index contributed by atoms with van der Waals surface area (Å²) in [6.45, 7) is 12.5. The van der Waals surface area contributed by atoms with E-state index < -0.39 is 0 Å². The molecule has 3 heteroatoms. The second-order valence-electron chi connectivity index (χ2n) is 7.58. The molecule has 126 valence electrons. The molecule has 0 aromatic heterocycles. The van der Waals surface area contributed by atoms with Gasteiger partial charge in [-0.05, 0) is 37.1 Å². The number of hydrogen-bond donors (Lipinski definition) is 1. The summed E-state index contributed by atoms with van der Waals surface area (Å²) >= 11 is 0. The fraction of sp³-hybridized carbons (Fsp3) is 1.00. The van der Waals surface area contributed by atoms with Crippen LogP contribution in [0.3, 0.4) is 0 Å². The SMILES string of the molecule is CCC(C)CN(C)CC1(CNCCOC)CCCC(C)C1. The third-order valence-electron chi connectivity index (χ3n) is 5.09. The summed E-state index contributed by atoms with van der Waals surface area (Å²) in [6, 6.07) is 0. The molecule has 3 nitrogen and oxygen atoms in total. The van der Waals surface area contributed by atoms with Crippen molar-refractivity contribution in [1.29, 1.82) is 0 Å². The zero-order valence-corrected chi connectivity index (χ0v) is 15.1. The fourth-order valence-corrected chi connectivity index (χ4v) is 3.95. The number of nitrogens with one attached hydrogen (secondary N) is 1. The molecule has 0 bridgehead atoms. The van der Waals surface area contributed by atoms with Gasteiger partial charge in [-0.25, -0.2) is 0 Å². The lowest BCUT2D eigenvalue weighted by Gasteiger charge is -2.43. The van der Waals surface area contributed by atoms with Crippen molar-refractivity contribution in [3.8, 4) is 0 Å². The largest absolute Gasteiger partial charge is 0.383 e. The van der Waals surface area contributed by atoms with Crippen molar-refractivity contribution in [2.75, 3.05) is 46.9 Å². The Labute approximate surface area is 132 Å². The highest BCUT2D eigenvalue weighted by atomic mass is 16.5. The lowest BCUT2D eigenvalue weighted by Crippen LogP contribution is -2.47. The Morgan fingerprint density at radius 2 is 2.19 bits per heavy atom. The van der Waals surface area contributed by atoms with E-state index in [0.29, 0.717) is 5.41 Å². The molecule has 0 amide bonds. The zero-order chi connectivity index (χ0) is 15.7. The Kier molecular flexibility index (Phi) is 8.84. The number of rotatable bonds is 10. The third-order valence-corrected chi connectivity index (χ3v) is 5.09. The second kappa shape index (κ2) is 9.81. The van der Waals surface area contributed by atoms with E-state index >= 15 is 0 Å². The molecule has 1 fully saturated rings. The molecule has 0 aromatic rings. The normalized spacial score (nSPS) is 28.0. The average Bonchev–Trinajstić information content (AvgIpc) is 2.43. The van der Waals surface area contributed by atoms with Gasteiger partial charge < -0.3 is 15.0 Å². The Bertz CT molecular complexity index is 272. The predicted molar refractivity (Wildman–Crippen MR) is 91.8 cm³/mol. The minimum absolute atomic E-state index is 0.466. The van der Waals surface area contributed by atoms with Gasteiger partial charge in [0.05, 0.1) is 6.61 Å². The van der Waals surface area contributed by atoms with E-state index in [1.54, 1.807) is 7.11 Å². The van der Waals surface area contributed by atoms with Crippen LogP contribution in [0.2, 0.25) is 0 Å². The van der Waals surface area contributed by atoms with E-state index in [9.17, 15) is 0 Å². The van der Waals surface area contributed by atoms with Crippen molar-refractivity contribution in [3.63, 3.8) is 0 Å². The van der Waals surface area contributed by atoms with Crippen LogP contribution in [0.1, 0.15) is 52.9 Å². The van der Waals surface area contributed by atoms with Gasteiger partial charge in [-0.15, -0.1) is 0 Å². The number of ether oxygens (including phenoxy) is 1. The van der Waals surface area contributed by atoms with Crippen molar-refractivity contribution in [1.82, 2.24) is 10.2 Å². The van der Waals surface area contributed by atoms with Gasteiger partial charge >= 0.3 is 0 Å². The number of hydrogen-bond acceptors (Lipinski definition) is 3. The van der Waals surface area contributed by atoms with Gasteiger partial charge in [0.25, 0.3) is 0 Å². The maximum absolute atomic E-state index is 5.16. The van der Waals surface area contributed by atoms with Gasteiger partial charge in [-0.3, -0.25) is 0 Å². The molecule has 21 heavy (non-hydrogen) atoms. The number of nitrogens with zero attached hydrogens (tertiary/aromatic N) is 1. The standard InChI is InChI=1S/C18H38N2O/c1-6-16(2)13-20(4)15-18(14-19-10-11-21-5)9-7-8-17(3)12-18/h16-17,19H,6-15H2,1-5H3. The van der Waals surface area contributed by atoms with Gasteiger partial charge in [-0.2, -0.15) is 0 Å². The number of methoxy groups -OCH3 is 1. The Hall–Kier alpha value is -0.120. The van der Waals surface area contributed by atoms with Crippen LogP contribution in [0.4, 0.5) is 0 Å². The van der Waals surface area contributed by atoms with E-state index in [1.165, 1.54) is 45.2 Å². The molecular formula is C18H38N2O. The van der Waals surface area contributed by atoms with E-state index in [0.717, 1.165) is 31.5 Å². The summed E-state index contributed by atoms with van der Waals surface area (Å²) in [7, 11) is 4.09. The van der Waals surface area contributed by atoms with Crippen molar-refractivity contribution in [2.45, 2.75) is 52.9 Å². The Morgan fingerprint density at radius 3 is 2.81 bits per heavy atom. The molecule has 1 rings (SSSR count). The maximum atomic E-state index is 5.16. The van der Waals surface area contributed by atoms with Crippen LogP contribution in [0.15, 0.2) is 0 Å². The summed E-state index contributed by atoms with van der Waals surface area (Å²) in [6.07, 6.45) is 6.83. The molecule has 0 aliphatic heterocycles. The first-order valence-corrected chi connectivity index (χ1v) is 8.89. The van der Waals surface area contributed by atoms with E-state index in [1.807, 2.05) is 0 Å². The van der Waals surface area contributed by atoms with Crippen molar-refractivity contribution >= 4 is 0 Å². The molecule has 1 aliphatic rings. The lowest BCUT2D eigenvalue weighted by atomic mass is 9.69. The average molecular weight is 299 g/mol. The minimum Gasteiger partial charge on any atom is -0.383 e. The predicted octanol–water partition coefficient (Wildman–Crippen LogP) is 3.40. The molecule has 1 N–H and O–H groups in total. The van der Waals surface area contributed by atoms with Crippen LogP contribution in [0, 0.1) is 17.3 Å². The van der Waals surface area contributed by atoms with E-state index in [-0.39, 0.29) is 0 Å². The molecule has 0 aromatic carbocycles. The molecule has 1 aliphatic carbocycles. The van der Waals surface area contributed by atoms with Gasteiger partial charge in [0.2, 0.25) is 0 Å².